The van der Waals surface area contributed by atoms with Gasteiger partial charge in [0.15, 0.2) is 0 Å². The Balaban J connectivity index is 1.89. The average molecular weight is 258 g/mol. The zero-order valence-corrected chi connectivity index (χ0v) is 10.7. The van der Waals surface area contributed by atoms with Crippen molar-refractivity contribution < 1.29 is 5.11 Å². The van der Waals surface area contributed by atoms with Gasteiger partial charge in [-0.2, -0.15) is 11.8 Å². The molecule has 3 nitrogen and oxygen atoms in total. The maximum Gasteiger partial charge on any atom is 0.0956 e. The fourth-order valence-electron chi connectivity index (χ4n) is 3.17. The molecule has 18 heavy (non-hydrogen) atoms. The molecule has 0 unspecified atom stereocenters. The molecule has 0 bridgehead atoms. The van der Waals surface area contributed by atoms with Crippen LogP contribution in [0.5, 0.6) is 0 Å². The highest BCUT2D eigenvalue weighted by molar-refractivity contribution is 7.99. The van der Waals surface area contributed by atoms with Crippen molar-refractivity contribution in [3.8, 4) is 11.3 Å². The first-order valence-corrected chi connectivity index (χ1v) is 7.38. The SMILES string of the molecule is O[C@@H]1CSC[C@H]1[C@@H]1c2ccccc2-c2cncn21. The maximum atomic E-state index is 10.2. The molecule has 2 aliphatic rings. The second kappa shape index (κ2) is 3.87. The van der Waals surface area contributed by atoms with Crippen molar-refractivity contribution in [2.45, 2.75) is 12.1 Å². The van der Waals surface area contributed by atoms with E-state index in [4.69, 9.17) is 0 Å². The number of hydrogen-bond donors (Lipinski definition) is 1. The summed E-state index contributed by atoms with van der Waals surface area (Å²) in [5, 5.41) is 10.2. The molecular formula is C14H14N2OS. The molecule has 2 aromatic rings. The van der Waals surface area contributed by atoms with E-state index in [0.717, 1.165) is 11.5 Å². The quantitative estimate of drug-likeness (QED) is 0.852. The molecule has 4 rings (SSSR count). The van der Waals surface area contributed by atoms with Crippen LogP contribution < -0.4 is 0 Å². The lowest BCUT2D eigenvalue weighted by atomic mass is 9.90. The third kappa shape index (κ3) is 1.33. The summed E-state index contributed by atoms with van der Waals surface area (Å²) in [6.07, 6.45) is 3.62. The van der Waals surface area contributed by atoms with E-state index in [-0.39, 0.29) is 12.1 Å². The number of aliphatic hydroxyl groups excluding tert-OH is 1. The van der Waals surface area contributed by atoms with Gasteiger partial charge in [0.2, 0.25) is 0 Å². The lowest BCUT2D eigenvalue weighted by molar-refractivity contribution is 0.128. The summed E-state index contributed by atoms with van der Waals surface area (Å²) in [5.74, 6) is 2.18. The molecule has 92 valence electrons. The summed E-state index contributed by atoms with van der Waals surface area (Å²) in [6.45, 7) is 0. The number of imidazole rings is 1. The fourth-order valence-corrected chi connectivity index (χ4v) is 4.47. The molecule has 0 aliphatic carbocycles. The van der Waals surface area contributed by atoms with Crippen LogP contribution in [0.3, 0.4) is 0 Å². The van der Waals surface area contributed by atoms with Crippen LogP contribution in [-0.4, -0.2) is 32.3 Å². The van der Waals surface area contributed by atoms with E-state index in [1.807, 2.05) is 24.3 Å². The van der Waals surface area contributed by atoms with E-state index in [2.05, 4.69) is 33.8 Å². The van der Waals surface area contributed by atoms with Gasteiger partial charge in [0.25, 0.3) is 0 Å². The van der Waals surface area contributed by atoms with Crippen molar-refractivity contribution >= 4 is 11.8 Å². The summed E-state index contributed by atoms with van der Waals surface area (Å²) in [7, 11) is 0. The van der Waals surface area contributed by atoms with Gasteiger partial charge in [0.05, 0.1) is 30.4 Å². The minimum absolute atomic E-state index is 0.207. The summed E-state index contributed by atoms with van der Waals surface area (Å²) in [5.41, 5.74) is 3.78. The van der Waals surface area contributed by atoms with Gasteiger partial charge in [-0.3, -0.25) is 0 Å². The van der Waals surface area contributed by atoms with Crippen molar-refractivity contribution in [1.29, 1.82) is 0 Å². The third-order valence-electron chi connectivity index (χ3n) is 4.02. The number of fused-ring (bicyclic) bond motifs is 3. The molecule has 3 heterocycles. The predicted octanol–water partition coefficient (Wildman–Crippen LogP) is 2.18. The summed E-state index contributed by atoms with van der Waals surface area (Å²) < 4.78 is 2.23. The van der Waals surface area contributed by atoms with Crippen LogP contribution >= 0.6 is 11.8 Å². The largest absolute Gasteiger partial charge is 0.392 e. The van der Waals surface area contributed by atoms with Gasteiger partial charge < -0.3 is 9.67 Å². The Hall–Kier alpha value is -1.26. The monoisotopic (exact) mass is 258 g/mol. The molecule has 0 spiro atoms. The molecule has 0 saturated carbocycles. The second-order valence-corrected chi connectivity index (χ2v) is 6.06. The normalized spacial score (nSPS) is 29.3. The molecule has 0 radical (unpaired) electrons. The first kappa shape index (κ1) is 10.6. The smallest absolute Gasteiger partial charge is 0.0956 e. The fraction of sp³-hybridized carbons (Fsp3) is 0.357. The first-order valence-electron chi connectivity index (χ1n) is 6.23. The molecular weight excluding hydrogens is 244 g/mol. The highest BCUT2D eigenvalue weighted by Crippen LogP contribution is 2.46. The van der Waals surface area contributed by atoms with Crippen LogP contribution in [0.25, 0.3) is 11.3 Å². The van der Waals surface area contributed by atoms with Gasteiger partial charge in [-0.1, -0.05) is 24.3 Å². The zero-order valence-electron chi connectivity index (χ0n) is 9.86. The van der Waals surface area contributed by atoms with Crippen LogP contribution in [-0.2, 0) is 0 Å². The van der Waals surface area contributed by atoms with Gasteiger partial charge >= 0.3 is 0 Å². The molecule has 1 aromatic heterocycles. The van der Waals surface area contributed by atoms with Crippen molar-refractivity contribution in [3.05, 3.63) is 42.4 Å². The zero-order chi connectivity index (χ0) is 12.1. The van der Waals surface area contributed by atoms with E-state index >= 15 is 0 Å². The van der Waals surface area contributed by atoms with Gasteiger partial charge in [0.1, 0.15) is 0 Å². The molecule has 1 saturated heterocycles. The van der Waals surface area contributed by atoms with Crippen LogP contribution in [0.1, 0.15) is 11.6 Å². The van der Waals surface area contributed by atoms with E-state index < -0.39 is 0 Å². The van der Waals surface area contributed by atoms with E-state index in [1.54, 1.807) is 0 Å². The minimum Gasteiger partial charge on any atom is -0.392 e. The van der Waals surface area contributed by atoms with Gasteiger partial charge in [-0.25, -0.2) is 4.98 Å². The standard InChI is InChI=1S/C14H14N2OS/c17-13-7-18-6-11(13)14-10-4-2-1-3-9(10)12-5-15-8-16(12)14/h1-5,8,11,13-14,17H,6-7H2/t11-,13-,14+/m1/s1. The Labute approximate surface area is 110 Å². The van der Waals surface area contributed by atoms with Crippen LogP contribution in [0, 0.1) is 5.92 Å². The van der Waals surface area contributed by atoms with Crippen molar-refractivity contribution in [2.75, 3.05) is 11.5 Å². The van der Waals surface area contributed by atoms with Gasteiger partial charge in [0, 0.05) is 23.0 Å². The molecule has 1 fully saturated rings. The average Bonchev–Trinajstić information content (AvgIpc) is 3.05. The molecule has 3 atom stereocenters. The lowest BCUT2D eigenvalue weighted by Gasteiger charge is -2.24. The highest BCUT2D eigenvalue weighted by Gasteiger charge is 2.40. The van der Waals surface area contributed by atoms with Crippen molar-refractivity contribution in [3.63, 3.8) is 0 Å². The maximum absolute atomic E-state index is 10.2. The molecule has 0 amide bonds. The Morgan fingerprint density at radius 2 is 2.17 bits per heavy atom. The lowest BCUT2D eigenvalue weighted by Crippen LogP contribution is -2.27. The Morgan fingerprint density at radius 1 is 1.28 bits per heavy atom. The summed E-state index contributed by atoms with van der Waals surface area (Å²) in [4.78, 5) is 4.26. The number of hydrogen-bond acceptors (Lipinski definition) is 3. The highest BCUT2D eigenvalue weighted by atomic mass is 32.2. The van der Waals surface area contributed by atoms with Crippen LogP contribution in [0.2, 0.25) is 0 Å². The Bertz CT molecular complexity index is 595. The number of nitrogens with zero attached hydrogens (tertiary/aromatic N) is 2. The van der Waals surface area contributed by atoms with Crippen molar-refractivity contribution in [1.82, 2.24) is 9.55 Å². The van der Waals surface area contributed by atoms with E-state index in [0.29, 0.717) is 5.92 Å². The minimum atomic E-state index is -0.207. The summed E-state index contributed by atoms with van der Waals surface area (Å²) in [6, 6.07) is 8.74. The third-order valence-corrected chi connectivity index (χ3v) is 5.22. The Morgan fingerprint density at radius 3 is 3.00 bits per heavy atom. The second-order valence-electron chi connectivity index (χ2n) is 4.99. The van der Waals surface area contributed by atoms with E-state index in [1.165, 1.54) is 16.8 Å². The first-order chi connectivity index (χ1) is 8.86. The number of aromatic nitrogens is 2. The van der Waals surface area contributed by atoms with E-state index in [9.17, 15) is 5.11 Å². The molecule has 1 N–H and O–H groups in total. The number of aliphatic hydroxyl groups is 1. The number of benzene rings is 1. The molecule has 2 aliphatic heterocycles. The molecule has 4 heteroatoms. The topological polar surface area (TPSA) is 38.1 Å². The van der Waals surface area contributed by atoms with Gasteiger partial charge in [-0.05, 0) is 5.56 Å². The number of rotatable bonds is 1. The number of thioether (sulfide) groups is 1. The van der Waals surface area contributed by atoms with Gasteiger partial charge in [-0.15, -0.1) is 0 Å². The van der Waals surface area contributed by atoms with Crippen LogP contribution in [0.15, 0.2) is 36.8 Å². The van der Waals surface area contributed by atoms with Crippen molar-refractivity contribution in [2.24, 2.45) is 5.92 Å². The summed E-state index contributed by atoms with van der Waals surface area (Å²) >= 11 is 1.85. The van der Waals surface area contributed by atoms with Crippen LogP contribution in [0.4, 0.5) is 0 Å². The Kier molecular flexibility index (Phi) is 2.29. The predicted molar refractivity (Wildman–Crippen MR) is 72.6 cm³/mol. The molecule has 1 aromatic carbocycles.